The summed E-state index contributed by atoms with van der Waals surface area (Å²) in [6.45, 7) is 9.79. The van der Waals surface area contributed by atoms with Crippen molar-refractivity contribution in [1.29, 1.82) is 0 Å². The summed E-state index contributed by atoms with van der Waals surface area (Å²) < 4.78 is 19.3. The van der Waals surface area contributed by atoms with E-state index in [0.29, 0.717) is 16.5 Å². The summed E-state index contributed by atoms with van der Waals surface area (Å²) in [6.07, 6.45) is 6.00. The number of rotatable bonds is 7. The number of aryl methyl sites for hydroxylation is 1. The van der Waals surface area contributed by atoms with Gasteiger partial charge >= 0.3 is 0 Å². The third-order valence-electron chi connectivity index (χ3n) is 3.12. The van der Waals surface area contributed by atoms with E-state index in [4.69, 9.17) is 16.3 Å². The first kappa shape index (κ1) is 19.0. The second-order valence-electron chi connectivity index (χ2n) is 4.99. The van der Waals surface area contributed by atoms with Crippen molar-refractivity contribution < 1.29 is 9.13 Å². The minimum absolute atomic E-state index is 0.157. The van der Waals surface area contributed by atoms with Crippen LogP contribution in [0, 0.1) is 6.92 Å². The Morgan fingerprint density at radius 3 is 2.78 bits per heavy atom. The third kappa shape index (κ3) is 5.91. The van der Waals surface area contributed by atoms with Crippen molar-refractivity contribution in [3.8, 4) is 5.75 Å². The molecule has 0 bridgehead atoms. The van der Waals surface area contributed by atoms with Gasteiger partial charge in [0.05, 0.1) is 17.0 Å². The molecule has 0 fully saturated rings. The monoisotopic (exact) mass is 336 g/mol. The van der Waals surface area contributed by atoms with Crippen molar-refractivity contribution in [2.24, 2.45) is 4.99 Å². The fourth-order valence-electron chi connectivity index (χ4n) is 1.58. The van der Waals surface area contributed by atoms with Crippen molar-refractivity contribution in [3.05, 3.63) is 59.1 Å². The Balaban J connectivity index is 3.03. The van der Waals surface area contributed by atoms with Gasteiger partial charge in [0.25, 0.3) is 0 Å². The zero-order valence-corrected chi connectivity index (χ0v) is 14.7. The minimum Gasteiger partial charge on any atom is -0.459 e. The minimum atomic E-state index is -0.466. The Morgan fingerprint density at radius 2 is 2.17 bits per heavy atom. The lowest BCUT2D eigenvalue weighted by Gasteiger charge is -2.12. The molecule has 0 radical (unpaired) electrons. The predicted molar refractivity (Wildman–Crippen MR) is 96.4 cm³/mol. The molecule has 1 aromatic rings. The molecule has 0 aliphatic rings. The lowest BCUT2D eigenvalue weighted by Crippen LogP contribution is -2.14. The van der Waals surface area contributed by atoms with Crippen LogP contribution in [-0.2, 0) is 0 Å². The van der Waals surface area contributed by atoms with Crippen molar-refractivity contribution in [3.63, 3.8) is 0 Å². The van der Waals surface area contributed by atoms with Crippen LogP contribution < -0.4 is 4.74 Å². The maximum absolute atomic E-state index is 13.8. The van der Waals surface area contributed by atoms with Crippen LogP contribution >= 0.6 is 11.6 Å². The lowest BCUT2D eigenvalue weighted by atomic mass is 10.2. The number of aliphatic imine (C=N–C) groups is 1. The molecule has 0 aliphatic heterocycles. The molecule has 1 aromatic carbocycles. The van der Waals surface area contributed by atoms with Crippen molar-refractivity contribution in [1.82, 2.24) is 4.90 Å². The number of ether oxygens (including phenoxy) is 1. The lowest BCUT2D eigenvalue weighted by molar-refractivity contribution is 0.400. The first-order valence-electron chi connectivity index (χ1n) is 7.27. The maximum atomic E-state index is 13.8. The zero-order valence-electron chi connectivity index (χ0n) is 13.9. The number of allylic oxidation sites excluding steroid dienone is 5. The Labute approximate surface area is 142 Å². The van der Waals surface area contributed by atoms with Gasteiger partial charge in [0, 0.05) is 19.7 Å². The molecule has 0 N–H and O–H groups in total. The second-order valence-corrected chi connectivity index (χ2v) is 5.40. The van der Waals surface area contributed by atoms with E-state index in [2.05, 4.69) is 11.6 Å². The second kappa shape index (κ2) is 9.16. The van der Waals surface area contributed by atoms with Gasteiger partial charge in [-0.3, -0.25) is 0 Å². The highest BCUT2D eigenvalue weighted by atomic mass is 35.5. The summed E-state index contributed by atoms with van der Waals surface area (Å²) in [7, 11) is 1.93. The van der Waals surface area contributed by atoms with E-state index >= 15 is 0 Å². The molecule has 23 heavy (non-hydrogen) atoms. The fraction of sp³-hybridized carbons (Fsp3) is 0.278. The van der Waals surface area contributed by atoms with Gasteiger partial charge in [-0.25, -0.2) is 9.38 Å². The molecular weight excluding hydrogens is 315 g/mol. The van der Waals surface area contributed by atoms with E-state index in [0.717, 1.165) is 12.1 Å². The van der Waals surface area contributed by atoms with Crippen LogP contribution in [0.4, 0.5) is 10.1 Å². The van der Waals surface area contributed by atoms with E-state index < -0.39 is 5.83 Å². The number of benzene rings is 1. The normalized spacial score (nSPS) is 12.6. The molecule has 0 amide bonds. The van der Waals surface area contributed by atoms with E-state index in [1.807, 2.05) is 31.9 Å². The standard InChI is InChI=1S/C18H22ClFN2O/c1-6-8-9-16(20)14(4)23-18-11-15(19)17(10-13(18)3)21-12-22(5)7-2/h6,8-12H,1,7H2,2-5H3/b9-8-,16-14-,21-12+. The summed E-state index contributed by atoms with van der Waals surface area (Å²) in [5.41, 5.74) is 1.46. The summed E-state index contributed by atoms with van der Waals surface area (Å²) in [6, 6.07) is 3.45. The van der Waals surface area contributed by atoms with E-state index in [9.17, 15) is 4.39 Å². The molecule has 124 valence electrons. The Bertz CT molecular complexity index is 651. The number of hydrogen-bond donors (Lipinski definition) is 0. The Morgan fingerprint density at radius 1 is 1.48 bits per heavy atom. The topological polar surface area (TPSA) is 24.8 Å². The summed E-state index contributed by atoms with van der Waals surface area (Å²) >= 11 is 6.23. The van der Waals surface area contributed by atoms with Gasteiger partial charge in [0.2, 0.25) is 0 Å². The maximum Gasteiger partial charge on any atom is 0.161 e. The molecule has 3 nitrogen and oxygen atoms in total. The average Bonchev–Trinajstić information content (AvgIpc) is 2.53. The molecule has 0 aromatic heterocycles. The smallest absolute Gasteiger partial charge is 0.161 e. The van der Waals surface area contributed by atoms with Gasteiger partial charge in [0.1, 0.15) is 11.5 Å². The van der Waals surface area contributed by atoms with Crippen molar-refractivity contribution >= 4 is 23.6 Å². The van der Waals surface area contributed by atoms with Crippen molar-refractivity contribution in [2.75, 3.05) is 13.6 Å². The van der Waals surface area contributed by atoms with Crippen LogP contribution in [0.1, 0.15) is 19.4 Å². The molecule has 0 saturated carbocycles. The number of hydrogen-bond acceptors (Lipinski definition) is 2. The highest BCUT2D eigenvalue weighted by Crippen LogP contribution is 2.33. The summed E-state index contributed by atoms with van der Waals surface area (Å²) in [5.74, 6) is 0.189. The van der Waals surface area contributed by atoms with Crippen LogP contribution in [0.3, 0.4) is 0 Å². The van der Waals surface area contributed by atoms with Gasteiger partial charge in [-0.15, -0.1) is 0 Å². The first-order chi connectivity index (χ1) is 10.9. The van der Waals surface area contributed by atoms with Crippen LogP contribution in [0.25, 0.3) is 0 Å². The summed E-state index contributed by atoms with van der Waals surface area (Å²) in [5, 5.41) is 0.446. The van der Waals surface area contributed by atoms with Gasteiger partial charge in [0.15, 0.2) is 5.83 Å². The van der Waals surface area contributed by atoms with Gasteiger partial charge < -0.3 is 9.64 Å². The molecule has 0 atom stereocenters. The van der Waals surface area contributed by atoms with Crippen LogP contribution in [-0.4, -0.2) is 24.8 Å². The van der Waals surface area contributed by atoms with Crippen molar-refractivity contribution in [2.45, 2.75) is 20.8 Å². The Hall–Kier alpha value is -2.07. The first-order valence-corrected chi connectivity index (χ1v) is 7.64. The van der Waals surface area contributed by atoms with E-state index in [-0.39, 0.29) is 5.76 Å². The van der Waals surface area contributed by atoms with E-state index in [1.165, 1.54) is 18.2 Å². The number of nitrogens with zero attached hydrogens (tertiary/aromatic N) is 2. The number of halogens is 2. The van der Waals surface area contributed by atoms with Crippen LogP contribution in [0.15, 0.2) is 53.5 Å². The third-order valence-corrected chi connectivity index (χ3v) is 3.42. The fourth-order valence-corrected chi connectivity index (χ4v) is 1.79. The molecule has 0 saturated heterocycles. The highest BCUT2D eigenvalue weighted by molar-refractivity contribution is 6.33. The van der Waals surface area contributed by atoms with Crippen LogP contribution in [0.2, 0.25) is 5.02 Å². The van der Waals surface area contributed by atoms with Gasteiger partial charge in [-0.1, -0.05) is 30.3 Å². The molecule has 0 heterocycles. The van der Waals surface area contributed by atoms with E-state index in [1.54, 1.807) is 19.3 Å². The predicted octanol–water partition coefficient (Wildman–Crippen LogP) is 5.58. The summed E-state index contributed by atoms with van der Waals surface area (Å²) in [4.78, 5) is 6.27. The molecule has 0 spiro atoms. The molecular formula is C18H22ClFN2O. The molecule has 0 aliphatic carbocycles. The molecule has 0 unspecified atom stereocenters. The Kier molecular flexibility index (Phi) is 7.55. The molecule has 5 heteroatoms. The zero-order chi connectivity index (χ0) is 17.4. The van der Waals surface area contributed by atoms with Crippen LogP contribution in [0.5, 0.6) is 5.75 Å². The molecule has 1 rings (SSSR count). The largest absolute Gasteiger partial charge is 0.459 e. The van der Waals surface area contributed by atoms with Gasteiger partial charge in [-0.05, 0) is 38.5 Å². The highest BCUT2D eigenvalue weighted by Gasteiger charge is 2.09. The quantitative estimate of drug-likeness (QED) is 0.281. The van der Waals surface area contributed by atoms with Gasteiger partial charge in [-0.2, -0.15) is 0 Å². The average molecular weight is 337 g/mol. The SMILES string of the molecule is C=C/C=C\C(F)=C(/C)Oc1cc(Cl)c(/N=C/N(C)CC)cc1C.